The zero-order valence-corrected chi connectivity index (χ0v) is 18.1. The van der Waals surface area contributed by atoms with Crippen molar-refractivity contribution in [3.05, 3.63) is 47.8 Å². The first-order valence-corrected chi connectivity index (χ1v) is 11.8. The highest BCUT2D eigenvalue weighted by Crippen LogP contribution is 2.40. The zero-order valence-electron chi connectivity index (χ0n) is 17.3. The molecule has 1 saturated carbocycles. The molecule has 7 nitrogen and oxygen atoms in total. The predicted molar refractivity (Wildman–Crippen MR) is 112 cm³/mol. The van der Waals surface area contributed by atoms with Crippen LogP contribution in [0, 0.1) is 5.82 Å². The lowest BCUT2D eigenvalue weighted by molar-refractivity contribution is -0.139. The van der Waals surface area contributed by atoms with E-state index in [2.05, 4.69) is 10.4 Å². The molecule has 1 N–H and O–H groups in total. The van der Waals surface area contributed by atoms with Crippen LogP contribution >= 0.6 is 0 Å². The molecule has 5 rings (SSSR count). The van der Waals surface area contributed by atoms with Gasteiger partial charge in [-0.25, -0.2) is 12.8 Å². The van der Waals surface area contributed by atoms with Gasteiger partial charge in [-0.05, 0) is 49.2 Å². The highest BCUT2D eigenvalue weighted by atomic mass is 32.2. The maximum Gasteiger partial charge on any atom is 0.419 e. The number of nitrogens with one attached hydrogen (secondary N) is 1. The summed E-state index contributed by atoms with van der Waals surface area (Å²) in [6.07, 6.45) is -3.05. The van der Waals surface area contributed by atoms with E-state index >= 15 is 0 Å². The minimum absolute atomic E-state index is 0.00693. The molecule has 1 aliphatic carbocycles. The van der Waals surface area contributed by atoms with Crippen molar-refractivity contribution in [3.8, 4) is 0 Å². The van der Waals surface area contributed by atoms with Crippen molar-refractivity contribution in [1.29, 1.82) is 0 Å². The Bertz CT molecular complexity index is 1310. The molecule has 2 heterocycles. The molecule has 1 aliphatic heterocycles. The first kappa shape index (κ1) is 22.1. The van der Waals surface area contributed by atoms with Crippen molar-refractivity contribution in [2.24, 2.45) is 0 Å². The lowest BCUT2D eigenvalue weighted by Gasteiger charge is -2.26. The largest absolute Gasteiger partial charge is 0.419 e. The molecule has 3 aromatic rings. The second-order valence-corrected chi connectivity index (χ2v) is 9.98. The van der Waals surface area contributed by atoms with E-state index < -0.39 is 27.6 Å². The highest BCUT2D eigenvalue weighted by molar-refractivity contribution is 7.89. The van der Waals surface area contributed by atoms with Crippen molar-refractivity contribution >= 4 is 32.4 Å². The number of sulfonamides is 1. The summed E-state index contributed by atoms with van der Waals surface area (Å²) in [5.41, 5.74) is -0.736. The van der Waals surface area contributed by atoms with Gasteiger partial charge in [0.15, 0.2) is 5.82 Å². The average Bonchev–Trinajstić information content (AvgIpc) is 3.57. The van der Waals surface area contributed by atoms with Gasteiger partial charge < -0.3 is 10.1 Å². The molecular weight excluding hydrogens is 464 g/mol. The van der Waals surface area contributed by atoms with E-state index in [-0.39, 0.29) is 35.5 Å². The van der Waals surface area contributed by atoms with Gasteiger partial charge in [-0.15, -0.1) is 0 Å². The fourth-order valence-electron chi connectivity index (χ4n) is 3.86. The van der Waals surface area contributed by atoms with E-state index in [0.29, 0.717) is 30.2 Å². The molecule has 12 heteroatoms. The average molecular weight is 484 g/mol. The van der Waals surface area contributed by atoms with E-state index in [1.807, 2.05) is 0 Å². The van der Waals surface area contributed by atoms with Crippen LogP contribution in [0.1, 0.15) is 24.4 Å². The van der Waals surface area contributed by atoms with E-state index in [4.69, 9.17) is 4.74 Å². The summed E-state index contributed by atoms with van der Waals surface area (Å²) in [6, 6.07) is 7.38. The molecule has 0 atom stereocenters. The number of aromatic nitrogens is 2. The molecule has 0 amide bonds. The molecule has 2 aromatic carbocycles. The number of anilines is 2. The van der Waals surface area contributed by atoms with Crippen molar-refractivity contribution < 1.29 is 30.7 Å². The minimum atomic E-state index is -4.85. The third-order valence-electron chi connectivity index (χ3n) is 5.71. The van der Waals surface area contributed by atoms with Crippen LogP contribution in [0.5, 0.6) is 0 Å². The van der Waals surface area contributed by atoms with E-state index in [0.717, 1.165) is 18.9 Å². The second-order valence-electron chi connectivity index (χ2n) is 8.04. The molecule has 1 aromatic heterocycles. The number of alkyl halides is 3. The van der Waals surface area contributed by atoms with E-state index in [1.165, 1.54) is 22.5 Å². The fourth-order valence-corrected chi connectivity index (χ4v) is 5.30. The summed E-state index contributed by atoms with van der Waals surface area (Å²) in [6.45, 7) is 1.09. The van der Waals surface area contributed by atoms with Crippen LogP contribution in [0.15, 0.2) is 41.3 Å². The summed E-state index contributed by atoms with van der Waals surface area (Å²) in [5, 5.41) is 7.77. The van der Waals surface area contributed by atoms with Crippen LogP contribution < -0.4 is 5.32 Å². The minimum Gasteiger partial charge on any atom is -0.379 e. The Morgan fingerprint density at radius 1 is 1.06 bits per heavy atom. The van der Waals surface area contributed by atoms with Gasteiger partial charge in [0, 0.05) is 24.2 Å². The predicted octanol–water partition coefficient (Wildman–Crippen LogP) is 4.29. The van der Waals surface area contributed by atoms with Gasteiger partial charge in [0.2, 0.25) is 10.0 Å². The Kier molecular flexibility index (Phi) is 5.33. The Morgan fingerprint density at radius 2 is 1.79 bits per heavy atom. The van der Waals surface area contributed by atoms with Gasteiger partial charge in [0.1, 0.15) is 5.82 Å². The van der Waals surface area contributed by atoms with Crippen LogP contribution in [0.4, 0.5) is 29.1 Å². The van der Waals surface area contributed by atoms with Crippen LogP contribution in [-0.2, 0) is 20.9 Å². The highest BCUT2D eigenvalue weighted by Gasteiger charge is 2.35. The van der Waals surface area contributed by atoms with Crippen LogP contribution in [0.3, 0.4) is 0 Å². The smallest absolute Gasteiger partial charge is 0.379 e. The zero-order chi connectivity index (χ0) is 23.4. The van der Waals surface area contributed by atoms with Gasteiger partial charge in [-0.1, -0.05) is 0 Å². The van der Waals surface area contributed by atoms with Crippen molar-refractivity contribution in [3.63, 3.8) is 0 Å². The first-order chi connectivity index (χ1) is 15.6. The molecule has 0 radical (unpaired) electrons. The lowest BCUT2D eigenvalue weighted by atomic mass is 10.1. The Labute approximate surface area is 187 Å². The van der Waals surface area contributed by atoms with Gasteiger partial charge in [-0.2, -0.15) is 22.6 Å². The Morgan fingerprint density at radius 3 is 2.45 bits per heavy atom. The molecule has 2 fully saturated rings. The van der Waals surface area contributed by atoms with Gasteiger partial charge in [-0.3, -0.25) is 4.68 Å². The summed E-state index contributed by atoms with van der Waals surface area (Å²) in [5.74, 6) is -1.17. The Balaban J connectivity index is 1.57. The summed E-state index contributed by atoms with van der Waals surface area (Å²) in [4.78, 5) is 0.0605. The van der Waals surface area contributed by atoms with Crippen molar-refractivity contribution in [2.75, 3.05) is 31.6 Å². The number of halogens is 4. The molecule has 0 spiro atoms. The number of nitrogens with zero attached hydrogens (tertiary/aromatic N) is 3. The fraction of sp³-hybridized carbons (Fsp3) is 0.381. The molecular formula is C21H20F4N4O3S. The molecule has 176 valence electrons. The Hall–Kier alpha value is -2.70. The number of hydrogen-bond donors (Lipinski definition) is 1. The lowest BCUT2D eigenvalue weighted by Crippen LogP contribution is -2.40. The molecule has 1 saturated heterocycles. The number of fused-ring (bicyclic) bond motifs is 1. The third-order valence-corrected chi connectivity index (χ3v) is 7.61. The van der Waals surface area contributed by atoms with E-state index in [9.17, 15) is 26.0 Å². The number of rotatable bonds is 5. The SMILES string of the molecule is O=S(=O)(c1ccc2c(c1)c(Nc1ccc(F)c(C(F)(F)F)c1)nn2C1CC1)N1CCOCC1. The standard InChI is InChI=1S/C21H20F4N4O3S/c22-18-5-1-13(11-17(18)21(23,24)25)26-20-16-12-15(33(30,31)28-7-9-32-10-8-28)4-6-19(16)29(27-20)14-2-3-14/h1,4-6,11-12,14H,2-3,7-10H2,(H,26,27). The third kappa shape index (κ3) is 4.18. The summed E-state index contributed by atoms with van der Waals surface area (Å²) >= 11 is 0. The van der Waals surface area contributed by atoms with Crippen LogP contribution in [0.2, 0.25) is 0 Å². The molecule has 2 aliphatic rings. The van der Waals surface area contributed by atoms with Crippen LogP contribution in [0.25, 0.3) is 10.9 Å². The maximum atomic E-state index is 13.7. The normalized spacial score (nSPS) is 18.1. The second kappa shape index (κ2) is 7.96. The van der Waals surface area contributed by atoms with Crippen molar-refractivity contribution in [2.45, 2.75) is 30.0 Å². The summed E-state index contributed by atoms with van der Waals surface area (Å²) in [7, 11) is -3.78. The molecule has 33 heavy (non-hydrogen) atoms. The molecule has 0 bridgehead atoms. The van der Waals surface area contributed by atoms with Crippen LogP contribution in [-0.4, -0.2) is 48.8 Å². The van der Waals surface area contributed by atoms with Gasteiger partial charge in [0.25, 0.3) is 0 Å². The maximum absolute atomic E-state index is 13.7. The first-order valence-electron chi connectivity index (χ1n) is 10.4. The monoisotopic (exact) mass is 484 g/mol. The van der Waals surface area contributed by atoms with E-state index in [1.54, 1.807) is 10.7 Å². The van der Waals surface area contributed by atoms with Gasteiger partial charge in [0.05, 0.1) is 35.2 Å². The van der Waals surface area contributed by atoms with Gasteiger partial charge >= 0.3 is 6.18 Å². The van der Waals surface area contributed by atoms with Crippen molar-refractivity contribution in [1.82, 2.24) is 14.1 Å². The number of ether oxygens (including phenoxy) is 1. The number of morpholine rings is 1. The molecule has 0 unspecified atom stereocenters. The number of hydrogen-bond acceptors (Lipinski definition) is 5. The summed E-state index contributed by atoms with van der Waals surface area (Å²) < 4.78 is 87.6. The number of benzene rings is 2. The topological polar surface area (TPSA) is 76.5 Å². The quantitative estimate of drug-likeness (QED) is 0.547.